The summed E-state index contributed by atoms with van der Waals surface area (Å²) >= 11 is 0. The number of likely N-dealkylation sites (tertiary alicyclic amines) is 1. The van der Waals surface area contributed by atoms with Gasteiger partial charge in [-0.1, -0.05) is 60.6 Å². The summed E-state index contributed by atoms with van der Waals surface area (Å²) in [6.45, 7) is 33.6. The van der Waals surface area contributed by atoms with Crippen molar-refractivity contribution in [1.29, 1.82) is 0 Å². The van der Waals surface area contributed by atoms with Crippen LogP contribution in [0.2, 0.25) is 0 Å². The number of ketones is 1. The van der Waals surface area contributed by atoms with Crippen molar-refractivity contribution in [2.75, 3.05) is 13.1 Å². The normalized spacial score (nSPS) is 39.8. The van der Waals surface area contributed by atoms with Crippen LogP contribution in [0.3, 0.4) is 0 Å². The van der Waals surface area contributed by atoms with E-state index in [0.29, 0.717) is 47.7 Å². The Morgan fingerprint density at radius 1 is 0.738 bits per heavy atom. The molecule has 0 aromatic carbocycles. The molecule has 1 saturated heterocycles. The molecule has 65 heavy (non-hydrogen) atoms. The fraction of sp³-hybridized carbons (Fsp3) is 0.873. The SMILES string of the molecule is C=C(C)[C@@H]1CC[C@]2(C(=O)C[C@@H]3C[C@H](C(=O)N4CCCCC4)C3(C)C)CC[C@]3(C)[C@H](CC[C@@H]4[C@@]5(C)CC[C@H](OC(=O)CC(C)(C)C(=O)OC(C)OC(=O)OC(C)C)C(C)(C)[C@@H]5CC[C@]43C)[C@@H]12. The Kier molecular flexibility index (Phi) is 13.5. The highest BCUT2D eigenvalue weighted by Gasteiger charge is 2.72. The number of fused-ring (bicyclic) bond motifs is 7. The number of ether oxygens (including phenoxy) is 4. The molecule has 13 atom stereocenters. The topological polar surface area (TPSA) is 126 Å². The second-order valence-corrected chi connectivity index (χ2v) is 25.6. The Balaban J connectivity index is 1.03. The van der Waals surface area contributed by atoms with Gasteiger partial charge in [-0.15, -0.1) is 0 Å². The number of hydrogen-bond acceptors (Lipinski definition) is 9. The van der Waals surface area contributed by atoms with Crippen LogP contribution >= 0.6 is 0 Å². The van der Waals surface area contributed by atoms with Crippen molar-refractivity contribution in [3.63, 3.8) is 0 Å². The van der Waals surface area contributed by atoms with Crippen LogP contribution in [0.15, 0.2) is 12.2 Å². The number of hydrogen-bond donors (Lipinski definition) is 0. The lowest BCUT2D eigenvalue weighted by Gasteiger charge is -2.73. The van der Waals surface area contributed by atoms with Gasteiger partial charge in [0.15, 0.2) is 0 Å². The number of amides is 1. The number of nitrogens with zero attached hydrogens (tertiary/aromatic N) is 1. The predicted molar refractivity (Wildman–Crippen MR) is 251 cm³/mol. The Hall–Kier alpha value is -2.91. The Morgan fingerprint density at radius 3 is 2.05 bits per heavy atom. The van der Waals surface area contributed by atoms with Crippen molar-refractivity contribution in [3.8, 4) is 0 Å². The number of carbonyl (C=O) groups excluding carboxylic acids is 5. The summed E-state index contributed by atoms with van der Waals surface area (Å²) in [6, 6.07) is 0. The van der Waals surface area contributed by atoms with Crippen LogP contribution in [-0.2, 0) is 38.1 Å². The van der Waals surface area contributed by atoms with E-state index < -0.39 is 29.8 Å². The van der Waals surface area contributed by atoms with Crippen LogP contribution in [0, 0.1) is 79.3 Å². The van der Waals surface area contributed by atoms with Gasteiger partial charge in [0.2, 0.25) is 12.2 Å². The standard InChI is InChI=1S/C55H87NO9/c1-33(2)37-20-25-55(42(57)31-36-30-39(50(36,8)9)46(59)56-28-16-15-17-29-56)27-26-53(13)38(45(37)55)18-19-41-52(12)23-22-43(51(10,11)40(52)21-24-54(41,53)14)65-44(58)32-49(6,7)47(60)63-35(5)64-48(61)62-34(3)4/h34-41,43,45H,1,15-32H2,2-14H3/t35?,36-,37-,38+,39+,40-,41+,43-,45+,52-,53+,54+,55+/m0/s1. The highest BCUT2D eigenvalue weighted by molar-refractivity contribution is 5.87. The zero-order valence-corrected chi connectivity index (χ0v) is 42.8. The average molecular weight is 906 g/mol. The molecule has 0 aromatic rings. The Labute approximate surface area is 392 Å². The number of piperidine rings is 1. The van der Waals surface area contributed by atoms with Crippen LogP contribution in [-0.4, -0.2) is 66.3 Å². The molecule has 6 aliphatic carbocycles. The molecular weight excluding hydrogens is 819 g/mol. The molecule has 0 N–H and O–H groups in total. The maximum Gasteiger partial charge on any atom is 0.511 e. The van der Waals surface area contributed by atoms with E-state index in [1.54, 1.807) is 27.7 Å². The quantitative estimate of drug-likeness (QED) is 0.0814. The van der Waals surface area contributed by atoms with Gasteiger partial charge >= 0.3 is 18.1 Å². The van der Waals surface area contributed by atoms with Gasteiger partial charge in [0.05, 0.1) is 17.9 Å². The lowest BCUT2D eigenvalue weighted by atomic mass is 9.32. The summed E-state index contributed by atoms with van der Waals surface area (Å²) in [5.41, 5.74) is -0.441. The van der Waals surface area contributed by atoms with Crippen LogP contribution < -0.4 is 0 Å². The molecule has 0 radical (unpaired) electrons. The average Bonchev–Trinajstić information content (AvgIpc) is 3.61. The molecule has 10 nitrogen and oxygen atoms in total. The zero-order chi connectivity index (χ0) is 47.9. The summed E-state index contributed by atoms with van der Waals surface area (Å²) in [6.07, 6.45) is 12.2. The van der Waals surface area contributed by atoms with E-state index in [0.717, 1.165) is 96.6 Å². The number of rotatable bonds is 12. The van der Waals surface area contributed by atoms with Crippen molar-refractivity contribution < 1.29 is 42.9 Å². The monoisotopic (exact) mass is 906 g/mol. The van der Waals surface area contributed by atoms with Crippen molar-refractivity contribution in [2.24, 2.45) is 79.3 Å². The molecule has 6 saturated carbocycles. The van der Waals surface area contributed by atoms with Crippen molar-refractivity contribution in [3.05, 3.63) is 12.2 Å². The third-order valence-electron chi connectivity index (χ3n) is 20.7. The van der Waals surface area contributed by atoms with Crippen LogP contribution in [0.4, 0.5) is 4.79 Å². The van der Waals surface area contributed by atoms with Crippen molar-refractivity contribution in [2.45, 2.75) is 211 Å². The second-order valence-electron chi connectivity index (χ2n) is 25.6. The third-order valence-corrected chi connectivity index (χ3v) is 20.7. The number of esters is 2. The van der Waals surface area contributed by atoms with Crippen LogP contribution in [0.1, 0.15) is 193 Å². The fourth-order valence-electron chi connectivity index (χ4n) is 16.7. The van der Waals surface area contributed by atoms with Gasteiger partial charge in [-0.25, -0.2) is 4.79 Å². The first-order valence-corrected chi connectivity index (χ1v) is 25.9. The lowest BCUT2D eigenvalue weighted by Crippen LogP contribution is -2.67. The summed E-state index contributed by atoms with van der Waals surface area (Å²) in [5, 5.41) is 0. The molecule has 7 aliphatic rings. The van der Waals surface area contributed by atoms with Gasteiger partial charge in [0.25, 0.3) is 0 Å². The highest BCUT2D eigenvalue weighted by atomic mass is 16.8. The molecule has 366 valence electrons. The summed E-state index contributed by atoms with van der Waals surface area (Å²) in [4.78, 5) is 69.8. The first kappa shape index (κ1) is 50.0. The minimum atomic E-state index is -1.20. The third kappa shape index (κ3) is 8.43. The largest absolute Gasteiger partial charge is 0.511 e. The van der Waals surface area contributed by atoms with Gasteiger partial charge in [0, 0.05) is 43.2 Å². The molecular formula is C55H87NO9. The predicted octanol–water partition coefficient (Wildman–Crippen LogP) is 12.1. The minimum absolute atomic E-state index is 0.0233. The van der Waals surface area contributed by atoms with E-state index in [1.807, 2.05) is 0 Å². The maximum atomic E-state index is 15.2. The molecule has 0 bridgehead atoms. The maximum absolute atomic E-state index is 15.2. The van der Waals surface area contributed by atoms with Gasteiger partial charge in [0.1, 0.15) is 11.9 Å². The van der Waals surface area contributed by atoms with E-state index in [2.05, 4.69) is 66.9 Å². The molecule has 0 spiro atoms. The highest BCUT2D eigenvalue weighted by Crippen LogP contribution is 2.78. The molecule has 0 aromatic heterocycles. The first-order valence-electron chi connectivity index (χ1n) is 25.9. The van der Waals surface area contributed by atoms with Gasteiger partial charge in [-0.3, -0.25) is 19.2 Å². The number of carbonyl (C=O) groups is 5. The summed E-state index contributed by atoms with van der Waals surface area (Å²) < 4.78 is 21.8. The van der Waals surface area contributed by atoms with Crippen molar-refractivity contribution >= 4 is 29.8 Å². The van der Waals surface area contributed by atoms with E-state index in [-0.39, 0.29) is 63.0 Å². The zero-order valence-electron chi connectivity index (χ0n) is 42.8. The van der Waals surface area contributed by atoms with Crippen LogP contribution in [0.25, 0.3) is 0 Å². The molecule has 1 heterocycles. The Morgan fingerprint density at radius 2 is 1.42 bits per heavy atom. The lowest BCUT2D eigenvalue weighted by molar-refractivity contribution is -0.249. The van der Waals surface area contributed by atoms with Crippen LogP contribution in [0.5, 0.6) is 0 Å². The van der Waals surface area contributed by atoms with Gasteiger partial charge < -0.3 is 23.8 Å². The fourth-order valence-corrected chi connectivity index (χ4v) is 16.7. The molecule has 10 heteroatoms. The second kappa shape index (κ2) is 17.6. The van der Waals surface area contributed by atoms with E-state index in [4.69, 9.17) is 18.9 Å². The Bertz CT molecular complexity index is 1880. The first-order chi connectivity index (χ1) is 30.2. The van der Waals surface area contributed by atoms with E-state index in [1.165, 1.54) is 18.9 Å². The molecule has 7 fully saturated rings. The summed E-state index contributed by atoms with van der Waals surface area (Å²) in [5.74, 6) is 2.01. The molecule has 1 aliphatic heterocycles. The van der Waals surface area contributed by atoms with Gasteiger partial charge in [-0.05, 0) is 182 Å². The summed E-state index contributed by atoms with van der Waals surface area (Å²) in [7, 11) is 0. The minimum Gasteiger partial charge on any atom is -0.462 e. The van der Waals surface area contributed by atoms with Gasteiger partial charge in [-0.2, -0.15) is 0 Å². The number of Topliss-reactive ketones (excluding diaryl/α,β-unsaturated/α-hetero) is 1. The molecule has 1 unspecified atom stereocenters. The molecule has 7 rings (SSSR count). The number of allylic oxidation sites excluding steroid dienone is 1. The molecule has 1 amide bonds. The smallest absolute Gasteiger partial charge is 0.462 e. The van der Waals surface area contributed by atoms with E-state index >= 15 is 4.79 Å². The van der Waals surface area contributed by atoms with Crippen molar-refractivity contribution in [1.82, 2.24) is 4.90 Å². The van der Waals surface area contributed by atoms with E-state index in [9.17, 15) is 19.2 Å².